The number of anilines is 2. The first-order valence-corrected chi connectivity index (χ1v) is 8.20. The van der Waals surface area contributed by atoms with E-state index in [1.807, 2.05) is 23.6 Å². The third-order valence-corrected chi connectivity index (χ3v) is 4.36. The Morgan fingerprint density at radius 2 is 1.92 bits per heavy atom. The van der Waals surface area contributed by atoms with Crippen molar-refractivity contribution >= 4 is 22.2 Å². The fourth-order valence-corrected chi connectivity index (χ4v) is 3.03. The lowest BCUT2D eigenvalue weighted by Crippen LogP contribution is -1.95. The highest BCUT2D eigenvalue weighted by Gasteiger charge is 2.10. The molecule has 2 aromatic carbocycles. The molecule has 0 unspecified atom stereocenters. The summed E-state index contributed by atoms with van der Waals surface area (Å²) in [5, 5.41) is 5.90. The number of rotatable bonds is 5. The number of aryl methyl sites for hydroxylation is 1. The standard InChI is InChI=1S/C18H17FN2O2S/c1-11-8-12(4-6-14(11)19)16-10-24-18(21-16)20-15-9-13(22-2)5-7-17(15)23-3/h4-10H,1-3H3,(H,20,21). The summed E-state index contributed by atoms with van der Waals surface area (Å²) in [7, 11) is 3.23. The zero-order valence-corrected chi connectivity index (χ0v) is 14.4. The molecular weight excluding hydrogens is 327 g/mol. The van der Waals surface area contributed by atoms with Crippen LogP contribution in [0.3, 0.4) is 0 Å². The van der Waals surface area contributed by atoms with Gasteiger partial charge in [0.15, 0.2) is 5.13 Å². The molecule has 0 saturated carbocycles. The van der Waals surface area contributed by atoms with Gasteiger partial charge in [0, 0.05) is 17.0 Å². The van der Waals surface area contributed by atoms with Crippen molar-refractivity contribution in [3.8, 4) is 22.8 Å². The fourth-order valence-electron chi connectivity index (χ4n) is 2.29. The second-order valence-corrected chi connectivity index (χ2v) is 6.05. The first-order chi connectivity index (χ1) is 11.6. The molecule has 124 valence electrons. The summed E-state index contributed by atoms with van der Waals surface area (Å²) >= 11 is 1.47. The molecule has 3 rings (SSSR count). The van der Waals surface area contributed by atoms with Crippen LogP contribution in [0.25, 0.3) is 11.3 Å². The van der Waals surface area contributed by atoms with Crippen molar-refractivity contribution in [1.82, 2.24) is 4.98 Å². The van der Waals surface area contributed by atoms with E-state index in [2.05, 4.69) is 10.3 Å². The van der Waals surface area contributed by atoms with Crippen LogP contribution in [-0.2, 0) is 0 Å². The number of hydrogen-bond donors (Lipinski definition) is 1. The van der Waals surface area contributed by atoms with Crippen LogP contribution in [0.2, 0.25) is 0 Å². The summed E-state index contributed by atoms with van der Waals surface area (Å²) in [4.78, 5) is 4.57. The molecular formula is C18H17FN2O2S. The third-order valence-electron chi connectivity index (χ3n) is 3.61. The summed E-state index contributed by atoms with van der Waals surface area (Å²) in [6.07, 6.45) is 0. The predicted octanol–water partition coefficient (Wildman–Crippen LogP) is 5.02. The predicted molar refractivity (Wildman–Crippen MR) is 95.1 cm³/mol. The van der Waals surface area contributed by atoms with E-state index in [1.165, 1.54) is 17.4 Å². The van der Waals surface area contributed by atoms with Crippen molar-refractivity contribution in [1.29, 1.82) is 0 Å². The Bertz CT molecular complexity index is 864. The number of methoxy groups -OCH3 is 2. The molecule has 0 aliphatic heterocycles. The molecule has 0 spiro atoms. The second-order valence-electron chi connectivity index (χ2n) is 5.19. The van der Waals surface area contributed by atoms with Gasteiger partial charge in [-0.15, -0.1) is 11.3 Å². The van der Waals surface area contributed by atoms with Gasteiger partial charge in [0.05, 0.1) is 25.6 Å². The topological polar surface area (TPSA) is 43.4 Å². The largest absolute Gasteiger partial charge is 0.497 e. The van der Waals surface area contributed by atoms with Gasteiger partial charge >= 0.3 is 0 Å². The Morgan fingerprint density at radius 1 is 1.08 bits per heavy atom. The maximum atomic E-state index is 13.4. The molecule has 0 radical (unpaired) electrons. The molecule has 0 aliphatic carbocycles. The number of nitrogens with one attached hydrogen (secondary N) is 1. The number of halogens is 1. The molecule has 1 heterocycles. The Hall–Kier alpha value is -2.60. The lowest BCUT2D eigenvalue weighted by molar-refractivity contribution is 0.405. The first kappa shape index (κ1) is 16.3. The molecule has 0 saturated heterocycles. The zero-order chi connectivity index (χ0) is 17.1. The van der Waals surface area contributed by atoms with Gasteiger partial charge in [0.1, 0.15) is 17.3 Å². The van der Waals surface area contributed by atoms with Crippen LogP contribution in [-0.4, -0.2) is 19.2 Å². The van der Waals surface area contributed by atoms with E-state index in [0.717, 1.165) is 27.8 Å². The van der Waals surface area contributed by atoms with Crippen molar-refractivity contribution in [3.63, 3.8) is 0 Å². The number of hydrogen-bond acceptors (Lipinski definition) is 5. The molecule has 4 nitrogen and oxygen atoms in total. The van der Waals surface area contributed by atoms with E-state index >= 15 is 0 Å². The molecule has 0 bridgehead atoms. The molecule has 6 heteroatoms. The Labute approximate surface area is 143 Å². The first-order valence-electron chi connectivity index (χ1n) is 7.32. The van der Waals surface area contributed by atoms with Crippen molar-refractivity contribution < 1.29 is 13.9 Å². The average molecular weight is 344 g/mol. The van der Waals surface area contributed by atoms with Crippen LogP contribution in [0.15, 0.2) is 41.8 Å². The third kappa shape index (κ3) is 3.33. The number of aromatic nitrogens is 1. The highest BCUT2D eigenvalue weighted by atomic mass is 32.1. The number of ether oxygens (including phenoxy) is 2. The molecule has 1 N–H and O–H groups in total. The minimum absolute atomic E-state index is 0.214. The Kier molecular flexibility index (Phi) is 4.66. The lowest BCUT2D eigenvalue weighted by Gasteiger charge is -2.10. The highest BCUT2D eigenvalue weighted by molar-refractivity contribution is 7.14. The van der Waals surface area contributed by atoms with E-state index in [0.29, 0.717) is 11.3 Å². The summed E-state index contributed by atoms with van der Waals surface area (Å²) < 4.78 is 24.0. The van der Waals surface area contributed by atoms with Gasteiger partial charge in [-0.25, -0.2) is 9.37 Å². The van der Waals surface area contributed by atoms with Crippen molar-refractivity contribution in [2.75, 3.05) is 19.5 Å². The van der Waals surface area contributed by atoms with E-state index in [1.54, 1.807) is 33.3 Å². The van der Waals surface area contributed by atoms with E-state index in [-0.39, 0.29) is 5.82 Å². The van der Waals surface area contributed by atoms with Crippen LogP contribution in [0.4, 0.5) is 15.2 Å². The van der Waals surface area contributed by atoms with Crippen molar-refractivity contribution in [3.05, 3.63) is 53.2 Å². The molecule has 0 atom stereocenters. The van der Waals surface area contributed by atoms with Gasteiger partial charge < -0.3 is 14.8 Å². The number of benzene rings is 2. The highest BCUT2D eigenvalue weighted by Crippen LogP contribution is 2.34. The molecule has 0 amide bonds. The minimum atomic E-state index is -0.214. The Morgan fingerprint density at radius 3 is 2.62 bits per heavy atom. The number of nitrogens with zero attached hydrogens (tertiary/aromatic N) is 1. The van der Waals surface area contributed by atoms with E-state index < -0.39 is 0 Å². The molecule has 0 aliphatic rings. The SMILES string of the molecule is COc1ccc(OC)c(Nc2nc(-c3ccc(F)c(C)c3)cs2)c1. The van der Waals surface area contributed by atoms with Crippen molar-refractivity contribution in [2.24, 2.45) is 0 Å². The van der Waals surface area contributed by atoms with Gasteiger partial charge in [0.2, 0.25) is 0 Å². The van der Waals surface area contributed by atoms with E-state index in [4.69, 9.17) is 9.47 Å². The summed E-state index contributed by atoms with van der Waals surface area (Å²) in [5.74, 6) is 1.21. The quantitative estimate of drug-likeness (QED) is 0.706. The summed E-state index contributed by atoms with van der Waals surface area (Å²) in [6, 6.07) is 10.5. The molecule has 24 heavy (non-hydrogen) atoms. The smallest absolute Gasteiger partial charge is 0.187 e. The van der Waals surface area contributed by atoms with Crippen molar-refractivity contribution in [2.45, 2.75) is 6.92 Å². The maximum Gasteiger partial charge on any atom is 0.187 e. The van der Waals surface area contributed by atoms with Gasteiger partial charge in [-0.2, -0.15) is 0 Å². The monoisotopic (exact) mass is 344 g/mol. The van der Waals surface area contributed by atoms with Crippen LogP contribution in [0.1, 0.15) is 5.56 Å². The second kappa shape index (κ2) is 6.88. The van der Waals surface area contributed by atoms with Gasteiger partial charge in [-0.05, 0) is 42.8 Å². The fraction of sp³-hybridized carbons (Fsp3) is 0.167. The van der Waals surface area contributed by atoms with Crippen LogP contribution < -0.4 is 14.8 Å². The maximum absolute atomic E-state index is 13.4. The lowest BCUT2D eigenvalue weighted by atomic mass is 10.1. The molecule has 3 aromatic rings. The molecule has 0 fully saturated rings. The van der Waals surface area contributed by atoms with Gasteiger partial charge in [0.25, 0.3) is 0 Å². The van der Waals surface area contributed by atoms with Gasteiger partial charge in [-0.3, -0.25) is 0 Å². The van der Waals surface area contributed by atoms with Crippen LogP contribution in [0.5, 0.6) is 11.5 Å². The van der Waals surface area contributed by atoms with E-state index in [9.17, 15) is 4.39 Å². The van der Waals surface area contributed by atoms with Gasteiger partial charge in [-0.1, -0.05) is 0 Å². The number of thiazole rings is 1. The van der Waals surface area contributed by atoms with Crippen LogP contribution >= 0.6 is 11.3 Å². The Balaban J connectivity index is 1.87. The minimum Gasteiger partial charge on any atom is -0.497 e. The molecule has 1 aromatic heterocycles. The van der Waals surface area contributed by atoms with Crippen LogP contribution in [0, 0.1) is 12.7 Å². The zero-order valence-electron chi connectivity index (χ0n) is 13.6. The summed E-state index contributed by atoms with van der Waals surface area (Å²) in [6.45, 7) is 1.74. The normalized spacial score (nSPS) is 10.5. The summed E-state index contributed by atoms with van der Waals surface area (Å²) in [5.41, 5.74) is 3.06. The average Bonchev–Trinajstić information content (AvgIpc) is 3.05.